The number of aliphatic hydroxyl groups excluding tert-OH is 1. The average Bonchev–Trinajstić information content (AvgIpc) is 2.70. The van der Waals surface area contributed by atoms with Gasteiger partial charge in [0.25, 0.3) is 0 Å². The average molecular weight is 385 g/mol. The fourth-order valence-electron chi connectivity index (χ4n) is 3.99. The first-order valence-electron chi connectivity index (χ1n) is 9.96. The van der Waals surface area contributed by atoms with E-state index in [-0.39, 0.29) is 6.61 Å². The van der Waals surface area contributed by atoms with Gasteiger partial charge in [-0.1, -0.05) is 29.8 Å². The zero-order chi connectivity index (χ0) is 19.9. The van der Waals surface area contributed by atoms with E-state index in [1.807, 2.05) is 6.07 Å². The highest BCUT2D eigenvalue weighted by molar-refractivity contribution is 5.38. The van der Waals surface area contributed by atoms with Crippen LogP contribution in [0.1, 0.15) is 23.1 Å². The minimum absolute atomic E-state index is 0.209. The molecule has 1 N–H and O–H groups in total. The van der Waals surface area contributed by atoms with Gasteiger partial charge >= 0.3 is 0 Å². The molecule has 0 spiro atoms. The molecule has 1 saturated heterocycles. The van der Waals surface area contributed by atoms with E-state index in [1.165, 1.54) is 16.7 Å². The van der Waals surface area contributed by atoms with Crippen LogP contribution in [0.5, 0.6) is 11.5 Å². The quantitative estimate of drug-likeness (QED) is 0.758. The lowest BCUT2D eigenvalue weighted by Gasteiger charge is -2.41. The Morgan fingerprint density at radius 3 is 2.36 bits per heavy atom. The molecule has 1 aliphatic heterocycles. The first-order chi connectivity index (χ1) is 13.6. The van der Waals surface area contributed by atoms with Crippen LogP contribution in [0.15, 0.2) is 42.5 Å². The van der Waals surface area contributed by atoms with Crippen molar-refractivity contribution in [3.8, 4) is 11.5 Å². The predicted octanol–water partition coefficient (Wildman–Crippen LogP) is 3.08. The van der Waals surface area contributed by atoms with Crippen molar-refractivity contribution >= 4 is 0 Å². The molecular formula is C23H32N2O3. The number of aryl methyl sites for hydroxylation is 1. The summed E-state index contributed by atoms with van der Waals surface area (Å²) in [7, 11) is 3.36. The summed E-state index contributed by atoms with van der Waals surface area (Å²) >= 11 is 0. The Bertz CT molecular complexity index is 743. The summed E-state index contributed by atoms with van der Waals surface area (Å²) in [5.74, 6) is 1.62. The Hall–Kier alpha value is -2.08. The van der Waals surface area contributed by atoms with E-state index in [2.05, 4.69) is 53.1 Å². The van der Waals surface area contributed by atoms with Crippen LogP contribution in [0.4, 0.5) is 0 Å². The molecule has 1 fully saturated rings. The Morgan fingerprint density at radius 1 is 0.964 bits per heavy atom. The Balaban J connectivity index is 1.67. The number of piperazine rings is 1. The molecule has 1 aliphatic rings. The zero-order valence-corrected chi connectivity index (χ0v) is 17.2. The summed E-state index contributed by atoms with van der Waals surface area (Å²) in [5.41, 5.74) is 3.83. The highest BCUT2D eigenvalue weighted by Crippen LogP contribution is 2.25. The standard InChI is InChI=1S/C23H32N2O3/c1-18-5-4-6-19(11-18)15-24-8-9-25(21(17-24)7-10-26)16-20-12-22(27-2)14-23(13-20)28-3/h4-6,11-14,21,26H,7-10,15-17H2,1-3H3. The van der Waals surface area contributed by atoms with Crippen LogP contribution >= 0.6 is 0 Å². The van der Waals surface area contributed by atoms with Gasteiger partial charge in [-0.05, 0) is 36.6 Å². The van der Waals surface area contributed by atoms with Gasteiger partial charge in [0.2, 0.25) is 0 Å². The lowest BCUT2D eigenvalue weighted by Crippen LogP contribution is -2.52. The van der Waals surface area contributed by atoms with Crippen LogP contribution in [0, 0.1) is 6.92 Å². The summed E-state index contributed by atoms with van der Waals surface area (Å²) in [6, 6.07) is 15.1. The summed E-state index contributed by atoms with van der Waals surface area (Å²) in [6.45, 7) is 7.11. The van der Waals surface area contributed by atoms with Crippen molar-refractivity contribution in [3.05, 3.63) is 59.2 Å². The van der Waals surface area contributed by atoms with Crippen molar-refractivity contribution in [2.45, 2.75) is 32.5 Å². The van der Waals surface area contributed by atoms with Crippen LogP contribution in [0.2, 0.25) is 0 Å². The van der Waals surface area contributed by atoms with Gasteiger partial charge in [0.15, 0.2) is 0 Å². The topological polar surface area (TPSA) is 45.2 Å². The smallest absolute Gasteiger partial charge is 0.122 e. The van der Waals surface area contributed by atoms with E-state index in [4.69, 9.17) is 9.47 Å². The normalized spacial score (nSPS) is 18.2. The minimum atomic E-state index is 0.209. The summed E-state index contributed by atoms with van der Waals surface area (Å²) in [5, 5.41) is 9.59. The molecule has 2 aromatic rings. The van der Waals surface area contributed by atoms with Gasteiger partial charge in [0.1, 0.15) is 11.5 Å². The summed E-state index contributed by atoms with van der Waals surface area (Å²) in [4.78, 5) is 4.97. The first-order valence-corrected chi connectivity index (χ1v) is 9.96. The van der Waals surface area contributed by atoms with E-state index in [9.17, 15) is 5.11 Å². The van der Waals surface area contributed by atoms with Gasteiger partial charge in [-0.2, -0.15) is 0 Å². The van der Waals surface area contributed by atoms with Gasteiger partial charge in [-0.25, -0.2) is 0 Å². The maximum Gasteiger partial charge on any atom is 0.122 e. The second-order valence-corrected chi connectivity index (χ2v) is 7.58. The number of ether oxygens (including phenoxy) is 2. The van der Waals surface area contributed by atoms with Crippen molar-refractivity contribution in [2.75, 3.05) is 40.5 Å². The number of hydrogen-bond donors (Lipinski definition) is 1. The maximum absolute atomic E-state index is 9.59. The monoisotopic (exact) mass is 384 g/mol. The fourth-order valence-corrected chi connectivity index (χ4v) is 3.99. The van der Waals surface area contributed by atoms with Crippen LogP contribution in [0.3, 0.4) is 0 Å². The fraction of sp³-hybridized carbons (Fsp3) is 0.478. The van der Waals surface area contributed by atoms with Crippen molar-refractivity contribution in [2.24, 2.45) is 0 Å². The zero-order valence-electron chi connectivity index (χ0n) is 17.2. The van der Waals surface area contributed by atoms with Gasteiger partial charge in [0.05, 0.1) is 14.2 Å². The molecule has 5 heteroatoms. The van der Waals surface area contributed by atoms with Gasteiger partial charge < -0.3 is 14.6 Å². The Kier molecular flexibility index (Phi) is 7.31. The molecule has 0 saturated carbocycles. The largest absolute Gasteiger partial charge is 0.497 e. The van der Waals surface area contributed by atoms with E-state index in [1.54, 1.807) is 14.2 Å². The third kappa shape index (κ3) is 5.47. The lowest BCUT2D eigenvalue weighted by atomic mass is 10.1. The van der Waals surface area contributed by atoms with Crippen molar-refractivity contribution in [1.29, 1.82) is 0 Å². The van der Waals surface area contributed by atoms with Crippen molar-refractivity contribution < 1.29 is 14.6 Å². The molecule has 152 valence electrons. The maximum atomic E-state index is 9.59. The molecule has 0 radical (unpaired) electrons. The van der Waals surface area contributed by atoms with Crippen molar-refractivity contribution in [1.82, 2.24) is 9.80 Å². The van der Waals surface area contributed by atoms with Crippen LogP contribution in [-0.2, 0) is 13.1 Å². The highest BCUT2D eigenvalue weighted by Gasteiger charge is 2.27. The predicted molar refractivity (Wildman–Crippen MR) is 112 cm³/mol. The van der Waals surface area contributed by atoms with E-state index < -0.39 is 0 Å². The Labute approximate surface area is 168 Å². The molecule has 28 heavy (non-hydrogen) atoms. The molecule has 1 atom stereocenters. The minimum Gasteiger partial charge on any atom is -0.497 e. The molecule has 0 aliphatic carbocycles. The number of nitrogens with zero attached hydrogens (tertiary/aromatic N) is 2. The molecule has 0 aromatic heterocycles. The SMILES string of the molecule is COc1cc(CN2CCN(Cc3cccc(C)c3)CC2CCO)cc(OC)c1. The van der Waals surface area contributed by atoms with Crippen LogP contribution in [0.25, 0.3) is 0 Å². The molecular weight excluding hydrogens is 352 g/mol. The van der Waals surface area contributed by atoms with Crippen LogP contribution in [-0.4, -0.2) is 61.4 Å². The summed E-state index contributed by atoms with van der Waals surface area (Å²) < 4.78 is 10.8. The van der Waals surface area contributed by atoms with E-state index in [0.717, 1.165) is 50.6 Å². The third-order valence-corrected chi connectivity index (χ3v) is 5.44. The molecule has 5 nitrogen and oxygen atoms in total. The number of aliphatic hydroxyl groups is 1. The molecule has 0 amide bonds. The summed E-state index contributed by atoms with van der Waals surface area (Å²) in [6.07, 6.45) is 0.783. The first kappa shape index (κ1) is 20.6. The van der Waals surface area contributed by atoms with Gasteiger partial charge in [-0.15, -0.1) is 0 Å². The molecule has 3 rings (SSSR count). The number of benzene rings is 2. The molecule has 1 heterocycles. The van der Waals surface area contributed by atoms with Crippen LogP contribution < -0.4 is 9.47 Å². The molecule has 0 bridgehead atoms. The van der Waals surface area contributed by atoms with Crippen molar-refractivity contribution in [3.63, 3.8) is 0 Å². The van der Waals surface area contributed by atoms with Gasteiger partial charge in [-0.3, -0.25) is 9.80 Å². The van der Waals surface area contributed by atoms with E-state index in [0.29, 0.717) is 6.04 Å². The van der Waals surface area contributed by atoms with Gasteiger partial charge in [0, 0.05) is 51.4 Å². The number of rotatable bonds is 8. The Morgan fingerprint density at radius 2 is 1.71 bits per heavy atom. The number of hydrogen-bond acceptors (Lipinski definition) is 5. The second-order valence-electron chi connectivity index (χ2n) is 7.58. The lowest BCUT2D eigenvalue weighted by molar-refractivity contribution is 0.0499. The third-order valence-electron chi connectivity index (χ3n) is 5.44. The van der Waals surface area contributed by atoms with E-state index >= 15 is 0 Å². The molecule has 1 unspecified atom stereocenters. The second kappa shape index (κ2) is 9.92. The number of methoxy groups -OCH3 is 2. The molecule has 2 aromatic carbocycles. The highest BCUT2D eigenvalue weighted by atomic mass is 16.5.